The summed E-state index contributed by atoms with van der Waals surface area (Å²) in [6, 6.07) is 14.7. The Balaban J connectivity index is 1.41. The zero-order chi connectivity index (χ0) is 19.6. The minimum atomic E-state index is -0.990. The molecule has 0 bridgehead atoms. The second kappa shape index (κ2) is 7.31. The molecule has 2 aromatic rings. The number of nitriles is 1. The number of pyridine rings is 1. The fraction of sp³-hybridized carbons (Fsp3) is 0.333. The molecule has 7 nitrogen and oxygen atoms in total. The van der Waals surface area contributed by atoms with E-state index in [1.165, 1.54) is 0 Å². The maximum atomic E-state index is 13.1. The molecular weight excluding hydrogens is 354 g/mol. The van der Waals surface area contributed by atoms with Crippen LogP contribution in [0.25, 0.3) is 0 Å². The van der Waals surface area contributed by atoms with Gasteiger partial charge in [0, 0.05) is 32.4 Å². The standard InChI is InChI=1S/C21H21N5O2/c22-15-16-5-1-2-6-17(16)24-19(27)21(8-9-21)20(28)26-13-11-25(12-14-26)18-7-3-4-10-23-18/h1-7,10H,8-9,11-14H2,(H,24,27). The maximum Gasteiger partial charge on any atom is 0.240 e. The Morgan fingerprint density at radius 2 is 1.75 bits per heavy atom. The van der Waals surface area contributed by atoms with Crippen molar-refractivity contribution in [1.29, 1.82) is 5.26 Å². The summed E-state index contributed by atoms with van der Waals surface area (Å²) in [7, 11) is 0. The summed E-state index contributed by atoms with van der Waals surface area (Å²) >= 11 is 0. The molecule has 1 saturated heterocycles. The van der Waals surface area contributed by atoms with Crippen LogP contribution in [0.15, 0.2) is 48.7 Å². The highest BCUT2D eigenvalue weighted by Gasteiger charge is 2.58. The SMILES string of the molecule is N#Cc1ccccc1NC(=O)C1(C(=O)N2CCN(c3ccccn3)CC2)CC1. The Morgan fingerprint density at radius 3 is 2.39 bits per heavy atom. The number of aromatic nitrogens is 1. The summed E-state index contributed by atoms with van der Waals surface area (Å²) in [6.45, 7) is 2.52. The lowest BCUT2D eigenvalue weighted by atomic mass is 10.0. The second-order valence-corrected chi connectivity index (χ2v) is 7.16. The van der Waals surface area contributed by atoms with Gasteiger partial charge in [-0.1, -0.05) is 18.2 Å². The predicted octanol–water partition coefficient (Wildman–Crippen LogP) is 2.02. The van der Waals surface area contributed by atoms with Crippen molar-refractivity contribution < 1.29 is 9.59 Å². The van der Waals surface area contributed by atoms with Gasteiger partial charge in [-0.3, -0.25) is 9.59 Å². The lowest BCUT2D eigenvalue weighted by Crippen LogP contribution is -2.52. The van der Waals surface area contributed by atoms with E-state index in [0.717, 1.165) is 5.82 Å². The van der Waals surface area contributed by atoms with Crippen LogP contribution in [-0.2, 0) is 9.59 Å². The molecule has 1 aliphatic heterocycles. The van der Waals surface area contributed by atoms with Gasteiger partial charge in [-0.25, -0.2) is 4.98 Å². The number of carbonyl (C=O) groups excluding carboxylic acids is 2. The Bertz CT molecular complexity index is 925. The topological polar surface area (TPSA) is 89.3 Å². The van der Waals surface area contributed by atoms with Gasteiger partial charge in [0.15, 0.2) is 0 Å². The smallest absolute Gasteiger partial charge is 0.240 e. The fourth-order valence-electron chi connectivity index (χ4n) is 3.58. The minimum Gasteiger partial charge on any atom is -0.353 e. The van der Waals surface area contributed by atoms with E-state index >= 15 is 0 Å². The molecule has 1 aromatic carbocycles. The van der Waals surface area contributed by atoms with Gasteiger partial charge in [0.25, 0.3) is 0 Å². The van der Waals surface area contributed by atoms with E-state index in [1.54, 1.807) is 35.4 Å². The summed E-state index contributed by atoms with van der Waals surface area (Å²) in [5.41, 5.74) is -0.146. The number of nitrogens with zero attached hydrogens (tertiary/aromatic N) is 4. The summed E-state index contributed by atoms with van der Waals surface area (Å²) in [4.78, 5) is 34.2. The molecule has 2 amide bonds. The number of rotatable bonds is 4. The number of nitrogens with one attached hydrogen (secondary N) is 1. The molecule has 0 atom stereocenters. The van der Waals surface area contributed by atoms with Gasteiger partial charge in [0.1, 0.15) is 17.3 Å². The van der Waals surface area contributed by atoms with Crippen LogP contribution in [0.2, 0.25) is 0 Å². The van der Waals surface area contributed by atoms with Crippen LogP contribution in [0, 0.1) is 16.7 Å². The lowest BCUT2D eigenvalue weighted by molar-refractivity contribution is -0.142. The molecule has 4 rings (SSSR count). The summed E-state index contributed by atoms with van der Waals surface area (Å²) in [5.74, 6) is 0.481. The predicted molar refractivity (Wildman–Crippen MR) is 104 cm³/mol. The summed E-state index contributed by atoms with van der Waals surface area (Å²) < 4.78 is 0. The van der Waals surface area contributed by atoms with Gasteiger partial charge in [0.05, 0.1) is 11.3 Å². The van der Waals surface area contributed by atoms with Crippen LogP contribution in [0.4, 0.5) is 11.5 Å². The Hall–Kier alpha value is -3.40. The molecule has 7 heteroatoms. The first-order valence-corrected chi connectivity index (χ1v) is 9.40. The minimum absolute atomic E-state index is 0.111. The van der Waals surface area contributed by atoms with Crippen molar-refractivity contribution in [1.82, 2.24) is 9.88 Å². The zero-order valence-electron chi connectivity index (χ0n) is 15.5. The van der Waals surface area contributed by atoms with Crippen LogP contribution >= 0.6 is 0 Å². The largest absolute Gasteiger partial charge is 0.353 e. The number of para-hydroxylation sites is 1. The lowest BCUT2D eigenvalue weighted by Gasteiger charge is -2.36. The zero-order valence-corrected chi connectivity index (χ0v) is 15.5. The first kappa shape index (κ1) is 18.0. The van der Waals surface area contributed by atoms with Gasteiger partial charge in [-0.15, -0.1) is 0 Å². The van der Waals surface area contributed by atoms with E-state index in [9.17, 15) is 14.9 Å². The Morgan fingerprint density at radius 1 is 1.04 bits per heavy atom. The fourth-order valence-corrected chi connectivity index (χ4v) is 3.58. The molecular formula is C21H21N5O2. The number of anilines is 2. The van der Waals surface area contributed by atoms with Gasteiger partial charge in [-0.2, -0.15) is 5.26 Å². The van der Waals surface area contributed by atoms with E-state index in [2.05, 4.69) is 21.3 Å². The summed E-state index contributed by atoms with van der Waals surface area (Å²) in [5, 5.41) is 12.0. The molecule has 0 spiro atoms. The van der Waals surface area contributed by atoms with E-state index < -0.39 is 5.41 Å². The van der Waals surface area contributed by atoms with Gasteiger partial charge in [0.2, 0.25) is 11.8 Å². The number of hydrogen-bond donors (Lipinski definition) is 1. The average Bonchev–Trinajstić information content (AvgIpc) is 3.56. The maximum absolute atomic E-state index is 13.1. The third kappa shape index (κ3) is 3.29. The van der Waals surface area contributed by atoms with Crippen molar-refractivity contribution in [3.8, 4) is 6.07 Å². The third-order valence-electron chi connectivity index (χ3n) is 5.43. The first-order valence-electron chi connectivity index (χ1n) is 9.40. The molecule has 1 saturated carbocycles. The molecule has 142 valence electrons. The molecule has 2 fully saturated rings. The van der Waals surface area contributed by atoms with Crippen LogP contribution in [0.3, 0.4) is 0 Å². The van der Waals surface area contributed by atoms with Crippen molar-refractivity contribution in [2.75, 3.05) is 36.4 Å². The molecule has 1 aromatic heterocycles. The Labute approximate surface area is 163 Å². The van der Waals surface area contributed by atoms with Gasteiger partial charge < -0.3 is 15.1 Å². The van der Waals surface area contributed by atoms with Crippen molar-refractivity contribution in [2.45, 2.75) is 12.8 Å². The molecule has 1 aliphatic carbocycles. The monoisotopic (exact) mass is 375 g/mol. The third-order valence-corrected chi connectivity index (χ3v) is 5.43. The number of hydrogen-bond acceptors (Lipinski definition) is 5. The highest BCUT2D eigenvalue weighted by molar-refractivity contribution is 6.13. The number of carbonyl (C=O) groups is 2. The molecule has 28 heavy (non-hydrogen) atoms. The Kier molecular flexibility index (Phi) is 4.70. The van der Waals surface area contributed by atoms with Gasteiger partial charge >= 0.3 is 0 Å². The molecule has 2 aliphatic rings. The number of amides is 2. The van der Waals surface area contributed by atoms with E-state index in [4.69, 9.17) is 0 Å². The van der Waals surface area contributed by atoms with Crippen molar-refractivity contribution in [3.05, 3.63) is 54.2 Å². The van der Waals surface area contributed by atoms with E-state index in [1.807, 2.05) is 18.2 Å². The van der Waals surface area contributed by atoms with Crippen LogP contribution in [0.1, 0.15) is 18.4 Å². The molecule has 2 heterocycles. The number of benzene rings is 1. The van der Waals surface area contributed by atoms with Crippen molar-refractivity contribution in [3.63, 3.8) is 0 Å². The molecule has 0 unspecified atom stereocenters. The summed E-state index contributed by atoms with van der Waals surface area (Å²) in [6.07, 6.45) is 2.86. The first-order chi connectivity index (χ1) is 13.6. The van der Waals surface area contributed by atoms with Crippen LogP contribution in [-0.4, -0.2) is 47.9 Å². The highest BCUT2D eigenvalue weighted by atomic mass is 16.2. The van der Waals surface area contributed by atoms with Gasteiger partial charge in [-0.05, 0) is 37.1 Å². The van der Waals surface area contributed by atoms with Crippen LogP contribution in [0.5, 0.6) is 0 Å². The molecule has 1 N–H and O–H groups in total. The van der Waals surface area contributed by atoms with E-state index in [0.29, 0.717) is 50.3 Å². The van der Waals surface area contributed by atoms with Crippen LogP contribution < -0.4 is 10.2 Å². The quantitative estimate of drug-likeness (QED) is 0.826. The van der Waals surface area contributed by atoms with Crippen molar-refractivity contribution in [2.24, 2.45) is 5.41 Å². The average molecular weight is 375 g/mol. The highest BCUT2D eigenvalue weighted by Crippen LogP contribution is 2.48. The normalized spacial score (nSPS) is 17.5. The second-order valence-electron chi connectivity index (χ2n) is 7.16. The number of piperazine rings is 1. The molecule has 0 radical (unpaired) electrons. The van der Waals surface area contributed by atoms with E-state index in [-0.39, 0.29) is 11.8 Å². The van der Waals surface area contributed by atoms with Crippen molar-refractivity contribution >= 4 is 23.3 Å².